The Morgan fingerprint density at radius 3 is 2.41 bits per heavy atom. The molecule has 0 fully saturated rings. The van der Waals surface area contributed by atoms with E-state index in [-0.39, 0.29) is 17.0 Å². The Morgan fingerprint density at radius 1 is 0.773 bits per heavy atom. The van der Waals surface area contributed by atoms with Gasteiger partial charge in [0.05, 0.1) is 5.39 Å². The van der Waals surface area contributed by atoms with E-state index < -0.39 is 0 Å². The second kappa shape index (κ2) is 5.90. The van der Waals surface area contributed by atoms with Gasteiger partial charge in [0.2, 0.25) is 5.52 Å². The normalized spacial score (nSPS) is 10.6. The number of fused-ring (bicyclic) bond motifs is 3. The van der Waals surface area contributed by atoms with Crippen molar-refractivity contribution in [3.8, 4) is 11.1 Å². The molecule has 1 N–H and O–H groups in total. The fourth-order valence-corrected chi connectivity index (χ4v) is 3.01. The molecule has 1 heterocycles. The molecule has 3 aromatic carbocycles. The van der Waals surface area contributed by atoms with E-state index in [1.54, 1.807) is 0 Å². The summed E-state index contributed by atoms with van der Waals surface area (Å²) in [5, 5.41) is 3.87. The van der Waals surface area contributed by atoms with Gasteiger partial charge in [0.1, 0.15) is 0 Å². The highest BCUT2D eigenvalue weighted by molar-refractivity contribution is 6.06. The average molecular weight is 350 g/mol. The van der Waals surface area contributed by atoms with Crippen LogP contribution in [0.25, 0.3) is 32.8 Å². The van der Waals surface area contributed by atoms with Crippen molar-refractivity contribution in [3.63, 3.8) is 0 Å². The maximum Gasteiger partial charge on any atom is 0.211 e. The highest BCUT2D eigenvalue weighted by Crippen LogP contribution is 2.29. The van der Waals surface area contributed by atoms with Gasteiger partial charge in [-0.15, -0.1) is 0 Å². The number of aromatic nitrogens is 1. The third-order valence-corrected chi connectivity index (χ3v) is 4.09. The molecule has 0 aliphatic rings. The molecule has 0 unspecified atom stereocenters. The van der Waals surface area contributed by atoms with Crippen LogP contribution in [0, 0.1) is 6.92 Å². The molecule has 1 aromatic heterocycles. The van der Waals surface area contributed by atoms with Gasteiger partial charge in [0.25, 0.3) is 0 Å². The van der Waals surface area contributed by atoms with Crippen molar-refractivity contribution in [1.82, 2.24) is 0 Å². The van der Waals surface area contributed by atoms with Crippen LogP contribution in [0.15, 0.2) is 72.9 Å². The number of hydrogen-bond acceptors (Lipinski definition) is 0. The Kier molecular flexibility index (Phi) is 3.95. The first kappa shape index (κ1) is 14.7. The van der Waals surface area contributed by atoms with Crippen LogP contribution in [-0.2, 0) is 0 Å². The highest BCUT2D eigenvalue weighted by atomic mass is 79.9. The zero-order valence-corrected chi connectivity index (χ0v) is 13.9. The molecule has 0 radical (unpaired) electrons. The van der Waals surface area contributed by atoms with Gasteiger partial charge >= 0.3 is 0 Å². The fraction of sp³-hybridized carbons (Fsp3) is 0.0500. The van der Waals surface area contributed by atoms with Crippen LogP contribution in [0.3, 0.4) is 0 Å². The van der Waals surface area contributed by atoms with E-state index >= 15 is 0 Å². The summed E-state index contributed by atoms with van der Waals surface area (Å²) in [5.74, 6) is 0. The molecule has 2 heteroatoms. The summed E-state index contributed by atoms with van der Waals surface area (Å²) < 4.78 is 0. The van der Waals surface area contributed by atoms with Gasteiger partial charge in [-0.3, -0.25) is 0 Å². The Morgan fingerprint density at radius 2 is 1.59 bits per heavy atom. The summed E-state index contributed by atoms with van der Waals surface area (Å²) in [7, 11) is 0. The van der Waals surface area contributed by atoms with E-state index in [1.807, 2.05) is 0 Å². The highest BCUT2D eigenvalue weighted by Gasteiger charge is 2.09. The molecule has 0 saturated heterocycles. The number of H-pyrrole nitrogens is 1. The summed E-state index contributed by atoms with van der Waals surface area (Å²) in [4.78, 5) is 3.39. The van der Waals surface area contributed by atoms with E-state index in [9.17, 15) is 0 Å². The van der Waals surface area contributed by atoms with Crippen molar-refractivity contribution < 1.29 is 22.0 Å². The van der Waals surface area contributed by atoms with Crippen molar-refractivity contribution in [3.05, 3.63) is 78.5 Å². The number of nitrogens with one attached hydrogen (secondary N) is 1. The van der Waals surface area contributed by atoms with Crippen LogP contribution in [-0.4, -0.2) is 0 Å². The zero-order chi connectivity index (χ0) is 14.2. The Balaban J connectivity index is 0.00000144. The lowest BCUT2D eigenvalue weighted by molar-refractivity contribution is -0.342. The van der Waals surface area contributed by atoms with Gasteiger partial charge in [-0.25, -0.2) is 4.98 Å². The molecule has 1 nitrogen and oxygen atoms in total. The van der Waals surface area contributed by atoms with Crippen LogP contribution >= 0.6 is 0 Å². The Bertz CT molecular complexity index is 946. The van der Waals surface area contributed by atoms with Gasteiger partial charge < -0.3 is 17.0 Å². The summed E-state index contributed by atoms with van der Waals surface area (Å²) in [6.45, 7) is 2.17. The van der Waals surface area contributed by atoms with Crippen molar-refractivity contribution in [2.45, 2.75) is 6.92 Å². The van der Waals surface area contributed by atoms with Crippen molar-refractivity contribution in [1.29, 1.82) is 0 Å². The predicted molar refractivity (Wildman–Crippen MR) is 88.2 cm³/mol. The molecule has 0 aliphatic heterocycles. The second-order valence-electron chi connectivity index (χ2n) is 5.45. The number of pyridine rings is 1. The molecule has 4 aromatic rings. The Hall–Kier alpha value is -2.19. The van der Waals surface area contributed by atoms with Crippen LogP contribution in [0.2, 0.25) is 0 Å². The van der Waals surface area contributed by atoms with E-state index in [0.717, 1.165) is 0 Å². The fourth-order valence-electron chi connectivity index (χ4n) is 3.01. The van der Waals surface area contributed by atoms with Crippen molar-refractivity contribution >= 4 is 21.7 Å². The van der Waals surface area contributed by atoms with Crippen LogP contribution in [0.1, 0.15) is 5.56 Å². The lowest BCUT2D eigenvalue weighted by atomic mass is 9.98. The zero-order valence-electron chi connectivity index (χ0n) is 12.3. The number of halogens is 1. The minimum atomic E-state index is 0. The molecule has 0 bridgehead atoms. The van der Waals surface area contributed by atoms with E-state index in [1.165, 1.54) is 38.4 Å². The third kappa shape index (κ3) is 2.40. The summed E-state index contributed by atoms with van der Waals surface area (Å²) in [6, 6.07) is 23.6. The van der Waals surface area contributed by atoms with E-state index in [2.05, 4.69) is 84.8 Å². The lowest BCUT2D eigenvalue weighted by Crippen LogP contribution is -3.00. The maximum absolute atomic E-state index is 3.39. The number of rotatable bonds is 1. The van der Waals surface area contributed by atoms with Gasteiger partial charge in [-0.1, -0.05) is 48.5 Å². The number of benzene rings is 3. The van der Waals surface area contributed by atoms with Crippen molar-refractivity contribution in [2.24, 2.45) is 0 Å². The quantitative estimate of drug-likeness (QED) is 0.465. The predicted octanol–water partition coefficient (Wildman–Crippen LogP) is 1.79. The molecule has 0 saturated carbocycles. The molecular formula is C20H16BrN. The first-order chi connectivity index (χ1) is 10.3. The second-order valence-corrected chi connectivity index (χ2v) is 5.45. The summed E-state index contributed by atoms with van der Waals surface area (Å²) >= 11 is 0. The molecule has 108 valence electrons. The topological polar surface area (TPSA) is 14.1 Å². The molecule has 4 rings (SSSR count). The smallest absolute Gasteiger partial charge is 0.211 e. The number of aromatic amines is 1. The van der Waals surface area contributed by atoms with Crippen molar-refractivity contribution in [2.75, 3.05) is 0 Å². The first-order valence-corrected chi connectivity index (χ1v) is 7.22. The molecule has 0 spiro atoms. The van der Waals surface area contributed by atoms with Crippen LogP contribution in [0.4, 0.5) is 0 Å². The average Bonchev–Trinajstić information content (AvgIpc) is 2.55. The maximum atomic E-state index is 3.39. The molecular weight excluding hydrogens is 334 g/mol. The van der Waals surface area contributed by atoms with Crippen LogP contribution in [0.5, 0.6) is 0 Å². The van der Waals surface area contributed by atoms with Gasteiger partial charge in [-0.2, -0.15) is 0 Å². The monoisotopic (exact) mass is 349 g/mol. The minimum absolute atomic E-state index is 0. The van der Waals surface area contributed by atoms with E-state index in [4.69, 9.17) is 0 Å². The summed E-state index contributed by atoms with van der Waals surface area (Å²) in [6.07, 6.45) is 2.09. The lowest BCUT2D eigenvalue weighted by Gasteiger charge is -2.06. The number of hydrogen-bond donors (Lipinski definition) is 0. The van der Waals surface area contributed by atoms with Gasteiger partial charge in [0.15, 0.2) is 6.20 Å². The third-order valence-electron chi connectivity index (χ3n) is 4.09. The van der Waals surface area contributed by atoms with Gasteiger partial charge in [-0.05, 0) is 35.7 Å². The van der Waals surface area contributed by atoms with Crippen LogP contribution < -0.4 is 22.0 Å². The molecule has 0 amide bonds. The molecule has 0 atom stereocenters. The largest absolute Gasteiger partial charge is 1.00 e. The minimum Gasteiger partial charge on any atom is -1.00 e. The standard InChI is InChI=1S/C20H15N.BrH/c1-14-6-5-9-19-20(14)18-12-16(10-11-17(18)13-21-19)15-7-3-2-4-8-15;/h2-13H,1H3;1H. The van der Waals surface area contributed by atoms with Gasteiger partial charge in [0, 0.05) is 16.8 Å². The SMILES string of the molecule is Cc1cccc2[nH+]cc3ccc(-c4ccccc4)cc3c12.[Br-]. The number of aryl methyl sites for hydroxylation is 1. The summed E-state index contributed by atoms with van der Waals surface area (Å²) in [5.41, 5.74) is 5.01. The first-order valence-electron chi connectivity index (χ1n) is 7.22. The Labute approximate surface area is 140 Å². The van der Waals surface area contributed by atoms with E-state index in [0.29, 0.717) is 0 Å². The molecule has 0 aliphatic carbocycles. The molecule has 22 heavy (non-hydrogen) atoms.